The van der Waals surface area contributed by atoms with Gasteiger partial charge in [-0.05, 0) is 13.0 Å². The molecule has 0 amide bonds. The van der Waals surface area contributed by atoms with Crippen molar-refractivity contribution in [3.63, 3.8) is 0 Å². The molecule has 1 atom stereocenters. The first-order valence-electron chi connectivity index (χ1n) is 5.32. The number of ether oxygens (including phenoxy) is 1. The molecule has 0 aromatic carbocycles. The van der Waals surface area contributed by atoms with E-state index >= 15 is 0 Å². The molecule has 17 heavy (non-hydrogen) atoms. The first-order chi connectivity index (χ1) is 8.07. The predicted molar refractivity (Wildman–Crippen MR) is 65.4 cm³/mol. The fraction of sp³-hybridized carbons (Fsp3) is 0.600. The Balaban J connectivity index is 2.48. The Hall–Kier alpha value is -1.44. The van der Waals surface area contributed by atoms with Crippen LogP contribution in [-0.2, 0) is 4.74 Å². The highest BCUT2D eigenvalue weighted by atomic mass is 16.5. The molecule has 1 heterocycles. The normalized spacial score (nSPS) is 14.1. The van der Waals surface area contributed by atoms with Gasteiger partial charge >= 0.3 is 0 Å². The minimum atomic E-state index is -0.850. The molecule has 0 fully saturated rings. The molecule has 0 aliphatic rings. The second kappa shape index (κ2) is 6.33. The lowest BCUT2D eigenvalue weighted by atomic mass is 10.0. The summed E-state index contributed by atoms with van der Waals surface area (Å²) in [5.41, 5.74) is 1.50. The molecule has 7 heteroatoms. The van der Waals surface area contributed by atoms with Crippen LogP contribution in [0.15, 0.2) is 12.3 Å². The second-order valence-corrected chi connectivity index (χ2v) is 4.00. The minimum absolute atomic E-state index is 0.325. The first-order valence-corrected chi connectivity index (χ1v) is 5.32. The van der Waals surface area contributed by atoms with Gasteiger partial charge < -0.3 is 15.2 Å². The standard InChI is InChI=1S/C10H19N5O2/c1-10(16,4-6-17-2)7-13-8-3-5-12-9(14-8)15-11/h3,5,16H,4,6-7,11H2,1-2H3,(H2,12,13,14,15). The maximum Gasteiger partial charge on any atom is 0.239 e. The number of hydrazine groups is 1. The van der Waals surface area contributed by atoms with Gasteiger partial charge in [-0.15, -0.1) is 0 Å². The van der Waals surface area contributed by atoms with Gasteiger partial charge in [-0.1, -0.05) is 0 Å². The van der Waals surface area contributed by atoms with Crippen LogP contribution >= 0.6 is 0 Å². The summed E-state index contributed by atoms with van der Waals surface area (Å²) in [6.45, 7) is 2.62. The van der Waals surface area contributed by atoms with E-state index in [0.29, 0.717) is 31.3 Å². The number of hydrogen-bond acceptors (Lipinski definition) is 7. The third kappa shape index (κ3) is 4.94. The maximum absolute atomic E-state index is 10.0. The van der Waals surface area contributed by atoms with Crippen molar-refractivity contribution in [1.82, 2.24) is 9.97 Å². The van der Waals surface area contributed by atoms with E-state index in [4.69, 9.17) is 10.6 Å². The summed E-state index contributed by atoms with van der Waals surface area (Å²) < 4.78 is 4.93. The number of rotatable bonds is 7. The summed E-state index contributed by atoms with van der Waals surface area (Å²) in [7, 11) is 1.60. The summed E-state index contributed by atoms with van der Waals surface area (Å²) in [5, 5.41) is 13.0. The third-order valence-corrected chi connectivity index (χ3v) is 2.28. The van der Waals surface area contributed by atoms with E-state index in [1.54, 1.807) is 26.3 Å². The van der Waals surface area contributed by atoms with Crippen LogP contribution in [0.3, 0.4) is 0 Å². The molecule has 0 bridgehead atoms. The molecular formula is C10H19N5O2. The zero-order chi connectivity index (χ0) is 12.7. The van der Waals surface area contributed by atoms with Crippen LogP contribution in [0.5, 0.6) is 0 Å². The van der Waals surface area contributed by atoms with Gasteiger partial charge in [-0.25, -0.2) is 10.8 Å². The van der Waals surface area contributed by atoms with Crippen LogP contribution in [0.2, 0.25) is 0 Å². The molecule has 0 radical (unpaired) electrons. The molecule has 1 unspecified atom stereocenters. The quantitative estimate of drug-likeness (QED) is 0.392. The fourth-order valence-electron chi connectivity index (χ4n) is 1.22. The Morgan fingerprint density at radius 2 is 2.35 bits per heavy atom. The van der Waals surface area contributed by atoms with E-state index in [9.17, 15) is 5.11 Å². The van der Waals surface area contributed by atoms with E-state index in [2.05, 4.69) is 20.7 Å². The van der Waals surface area contributed by atoms with Crippen LogP contribution in [0, 0.1) is 0 Å². The largest absolute Gasteiger partial charge is 0.388 e. The summed E-state index contributed by atoms with van der Waals surface area (Å²) >= 11 is 0. The number of nitrogen functional groups attached to an aromatic ring is 1. The van der Waals surface area contributed by atoms with Crippen molar-refractivity contribution in [3.05, 3.63) is 12.3 Å². The number of aromatic nitrogens is 2. The highest BCUT2D eigenvalue weighted by Gasteiger charge is 2.19. The Labute approximate surface area is 100 Å². The van der Waals surface area contributed by atoms with Gasteiger partial charge in [0.25, 0.3) is 0 Å². The van der Waals surface area contributed by atoms with E-state index in [1.807, 2.05) is 0 Å². The van der Waals surface area contributed by atoms with Crippen LogP contribution in [0.1, 0.15) is 13.3 Å². The van der Waals surface area contributed by atoms with Crippen molar-refractivity contribution in [2.75, 3.05) is 31.0 Å². The van der Waals surface area contributed by atoms with E-state index in [1.165, 1.54) is 0 Å². The van der Waals surface area contributed by atoms with Crippen molar-refractivity contribution < 1.29 is 9.84 Å². The Morgan fingerprint density at radius 3 is 3.00 bits per heavy atom. The molecule has 1 aromatic heterocycles. The van der Waals surface area contributed by atoms with Crippen molar-refractivity contribution in [2.45, 2.75) is 18.9 Å². The van der Waals surface area contributed by atoms with Gasteiger partial charge in [0.2, 0.25) is 5.95 Å². The zero-order valence-corrected chi connectivity index (χ0v) is 10.1. The number of aliphatic hydroxyl groups is 1. The van der Waals surface area contributed by atoms with Crippen LogP contribution in [0.4, 0.5) is 11.8 Å². The van der Waals surface area contributed by atoms with Gasteiger partial charge in [0.15, 0.2) is 0 Å². The highest BCUT2D eigenvalue weighted by Crippen LogP contribution is 2.11. The van der Waals surface area contributed by atoms with Crippen molar-refractivity contribution in [3.8, 4) is 0 Å². The molecule has 1 aromatic rings. The average Bonchev–Trinajstić information content (AvgIpc) is 2.34. The zero-order valence-electron chi connectivity index (χ0n) is 10.1. The highest BCUT2D eigenvalue weighted by molar-refractivity contribution is 5.39. The second-order valence-electron chi connectivity index (χ2n) is 4.00. The van der Waals surface area contributed by atoms with Crippen molar-refractivity contribution in [1.29, 1.82) is 0 Å². The lowest BCUT2D eigenvalue weighted by Gasteiger charge is -2.23. The number of methoxy groups -OCH3 is 1. The maximum atomic E-state index is 10.0. The number of hydrogen-bond donors (Lipinski definition) is 4. The summed E-state index contributed by atoms with van der Waals surface area (Å²) in [6, 6.07) is 1.70. The molecule has 5 N–H and O–H groups in total. The topological polar surface area (TPSA) is 105 Å². The predicted octanol–water partition coefficient (Wildman–Crippen LogP) is -0.0384. The van der Waals surface area contributed by atoms with Crippen molar-refractivity contribution in [2.24, 2.45) is 5.84 Å². The molecule has 0 spiro atoms. The fourth-order valence-corrected chi connectivity index (χ4v) is 1.22. The summed E-state index contributed by atoms with van der Waals surface area (Å²) in [5.74, 6) is 6.13. The monoisotopic (exact) mass is 241 g/mol. The van der Waals surface area contributed by atoms with Gasteiger partial charge in [-0.2, -0.15) is 4.98 Å². The molecule has 0 saturated carbocycles. The SMILES string of the molecule is COCCC(C)(O)CNc1ccnc(NN)n1. The van der Waals surface area contributed by atoms with Crippen LogP contribution in [0.25, 0.3) is 0 Å². The summed E-state index contributed by atoms with van der Waals surface area (Å²) in [4.78, 5) is 7.96. The molecule has 7 nitrogen and oxygen atoms in total. The molecule has 0 saturated heterocycles. The lowest BCUT2D eigenvalue weighted by molar-refractivity contribution is 0.0357. The van der Waals surface area contributed by atoms with E-state index in [-0.39, 0.29) is 0 Å². The van der Waals surface area contributed by atoms with Gasteiger partial charge in [0, 0.05) is 32.9 Å². The van der Waals surface area contributed by atoms with E-state index in [0.717, 1.165) is 0 Å². The summed E-state index contributed by atoms with van der Waals surface area (Å²) in [6.07, 6.45) is 2.12. The molecular weight excluding hydrogens is 222 g/mol. The molecule has 0 aliphatic heterocycles. The Morgan fingerprint density at radius 1 is 1.59 bits per heavy atom. The molecule has 1 rings (SSSR count). The number of nitrogens with two attached hydrogens (primary N) is 1. The van der Waals surface area contributed by atoms with Crippen LogP contribution < -0.4 is 16.6 Å². The lowest BCUT2D eigenvalue weighted by Crippen LogP contribution is -2.34. The van der Waals surface area contributed by atoms with Gasteiger partial charge in [-0.3, -0.25) is 5.43 Å². The molecule has 96 valence electrons. The number of nitrogens with zero attached hydrogens (tertiary/aromatic N) is 2. The number of anilines is 2. The smallest absolute Gasteiger partial charge is 0.239 e. The Bertz CT molecular complexity index is 345. The van der Waals surface area contributed by atoms with Crippen molar-refractivity contribution >= 4 is 11.8 Å². The van der Waals surface area contributed by atoms with Gasteiger partial charge in [0.1, 0.15) is 5.82 Å². The van der Waals surface area contributed by atoms with Crippen LogP contribution in [-0.4, -0.2) is 40.9 Å². The Kier molecular flexibility index (Phi) is 5.08. The molecule has 0 aliphatic carbocycles. The first kappa shape index (κ1) is 13.6. The number of nitrogens with one attached hydrogen (secondary N) is 2. The average molecular weight is 241 g/mol. The van der Waals surface area contributed by atoms with Gasteiger partial charge in [0.05, 0.1) is 5.60 Å². The third-order valence-electron chi connectivity index (χ3n) is 2.28. The van der Waals surface area contributed by atoms with E-state index < -0.39 is 5.60 Å². The minimum Gasteiger partial charge on any atom is -0.388 e.